The Labute approximate surface area is 118 Å². The fourth-order valence-electron chi connectivity index (χ4n) is 1.33. The van der Waals surface area contributed by atoms with E-state index in [-0.39, 0.29) is 12.3 Å². The average Bonchev–Trinajstić information content (AvgIpc) is 2.28. The normalized spacial score (nSPS) is 11.6. The van der Waals surface area contributed by atoms with Gasteiger partial charge in [0, 0.05) is 18.7 Å². The molecule has 0 fully saturated rings. The van der Waals surface area contributed by atoms with E-state index < -0.39 is 0 Å². The van der Waals surface area contributed by atoms with Crippen LogP contribution in [0.5, 0.6) is 5.75 Å². The molecular weight excluding hydrogens is 294 g/mol. The summed E-state index contributed by atoms with van der Waals surface area (Å²) in [6.45, 7) is 10.2. The van der Waals surface area contributed by atoms with Crippen LogP contribution in [0.1, 0.15) is 33.3 Å². The van der Waals surface area contributed by atoms with E-state index in [1.807, 2.05) is 13.0 Å². The Balaban J connectivity index is 2.56. The predicted molar refractivity (Wildman–Crippen MR) is 77.9 cm³/mol. The molecule has 1 aromatic carbocycles. The third kappa shape index (κ3) is 5.85. The van der Waals surface area contributed by atoms with Gasteiger partial charge in [0.2, 0.25) is 0 Å². The molecule has 0 saturated carbocycles. The molecule has 0 aliphatic rings. The Bertz CT molecular complexity index is 375. The van der Waals surface area contributed by atoms with Gasteiger partial charge in [-0.05, 0) is 61.3 Å². The van der Waals surface area contributed by atoms with Gasteiger partial charge < -0.3 is 14.8 Å². The lowest BCUT2D eigenvalue weighted by atomic mass is 10.1. The van der Waals surface area contributed by atoms with Gasteiger partial charge in [-0.2, -0.15) is 0 Å². The molecule has 1 N–H and O–H groups in total. The second-order valence-corrected chi connectivity index (χ2v) is 5.98. The summed E-state index contributed by atoms with van der Waals surface area (Å²) in [5.74, 6) is 0.808. The second-order valence-electron chi connectivity index (χ2n) is 5.12. The molecule has 4 heteroatoms. The zero-order valence-corrected chi connectivity index (χ0v) is 13.1. The summed E-state index contributed by atoms with van der Waals surface area (Å²) in [5, 5.41) is 3.45. The predicted octanol–water partition coefficient (Wildman–Crippen LogP) is 3.71. The van der Waals surface area contributed by atoms with Crippen molar-refractivity contribution in [2.75, 3.05) is 13.4 Å². The molecule has 1 rings (SSSR count). The molecule has 102 valence electrons. The Hall–Kier alpha value is -0.580. The molecule has 0 radical (unpaired) electrons. The van der Waals surface area contributed by atoms with Crippen LogP contribution >= 0.6 is 15.9 Å². The summed E-state index contributed by atoms with van der Waals surface area (Å²) in [6.07, 6.45) is 0. The summed E-state index contributed by atoms with van der Waals surface area (Å²) in [5.41, 5.74) is 1.34. The molecular formula is C14H22BrNO2. The van der Waals surface area contributed by atoms with Crippen molar-refractivity contribution in [3.05, 3.63) is 28.2 Å². The Morgan fingerprint density at radius 3 is 2.56 bits per heavy atom. The first-order valence-electron chi connectivity index (χ1n) is 6.16. The highest BCUT2D eigenvalue weighted by molar-refractivity contribution is 9.10. The maximum atomic E-state index is 5.49. The number of ether oxygens (including phenoxy) is 2. The largest absolute Gasteiger partial charge is 0.466 e. The van der Waals surface area contributed by atoms with Crippen LogP contribution in [0, 0.1) is 0 Å². The number of halogens is 1. The minimum absolute atomic E-state index is 0.122. The Morgan fingerprint density at radius 2 is 2.00 bits per heavy atom. The van der Waals surface area contributed by atoms with Crippen molar-refractivity contribution < 1.29 is 9.47 Å². The monoisotopic (exact) mass is 315 g/mol. The highest BCUT2D eigenvalue weighted by atomic mass is 79.9. The SMILES string of the molecule is CCOCOc1ccc(CNC(C)(C)C)cc1Br. The highest BCUT2D eigenvalue weighted by Crippen LogP contribution is 2.26. The van der Waals surface area contributed by atoms with Crippen LogP contribution in [-0.2, 0) is 11.3 Å². The lowest BCUT2D eigenvalue weighted by Gasteiger charge is -2.20. The Kier molecular flexibility index (Phi) is 6.12. The topological polar surface area (TPSA) is 30.5 Å². The summed E-state index contributed by atoms with van der Waals surface area (Å²) < 4.78 is 11.6. The maximum Gasteiger partial charge on any atom is 0.189 e. The van der Waals surface area contributed by atoms with Crippen LogP contribution in [0.3, 0.4) is 0 Å². The number of nitrogens with one attached hydrogen (secondary N) is 1. The minimum atomic E-state index is 0.122. The summed E-state index contributed by atoms with van der Waals surface area (Å²) in [4.78, 5) is 0. The van der Waals surface area contributed by atoms with Crippen LogP contribution < -0.4 is 10.1 Å². The van der Waals surface area contributed by atoms with Gasteiger partial charge in [0.25, 0.3) is 0 Å². The number of hydrogen-bond acceptors (Lipinski definition) is 3. The number of rotatable bonds is 6. The van der Waals surface area contributed by atoms with E-state index in [1.54, 1.807) is 0 Å². The molecule has 0 spiro atoms. The molecule has 0 aliphatic heterocycles. The van der Waals surface area contributed by atoms with Crippen molar-refractivity contribution in [1.29, 1.82) is 0 Å². The summed E-state index contributed by atoms with van der Waals surface area (Å²) in [7, 11) is 0. The number of hydrogen-bond donors (Lipinski definition) is 1. The molecule has 0 aromatic heterocycles. The molecule has 18 heavy (non-hydrogen) atoms. The molecule has 0 atom stereocenters. The smallest absolute Gasteiger partial charge is 0.189 e. The van der Waals surface area contributed by atoms with E-state index in [4.69, 9.17) is 9.47 Å². The molecule has 0 amide bonds. The van der Waals surface area contributed by atoms with Gasteiger partial charge >= 0.3 is 0 Å². The molecule has 0 saturated heterocycles. The van der Waals surface area contributed by atoms with E-state index in [1.165, 1.54) is 5.56 Å². The van der Waals surface area contributed by atoms with Crippen molar-refractivity contribution in [3.63, 3.8) is 0 Å². The number of benzene rings is 1. The van der Waals surface area contributed by atoms with Gasteiger partial charge in [-0.25, -0.2) is 0 Å². The first kappa shape index (κ1) is 15.5. The summed E-state index contributed by atoms with van der Waals surface area (Å²) in [6, 6.07) is 6.09. The standard InChI is InChI=1S/C14H22BrNO2/c1-5-17-10-18-13-7-6-11(8-12(13)15)9-16-14(2,3)4/h6-8,16H,5,9-10H2,1-4H3. The molecule has 0 heterocycles. The third-order valence-corrected chi connectivity index (χ3v) is 2.94. The van der Waals surface area contributed by atoms with E-state index in [0.29, 0.717) is 6.61 Å². The zero-order chi connectivity index (χ0) is 13.6. The quantitative estimate of drug-likeness (QED) is 0.641. The molecule has 3 nitrogen and oxygen atoms in total. The lowest BCUT2D eigenvalue weighted by Crippen LogP contribution is -2.35. The third-order valence-electron chi connectivity index (χ3n) is 2.32. The van der Waals surface area contributed by atoms with E-state index >= 15 is 0 Å². The first-order valence-corrected chi connectivity index (χ1v) is 6.95. The van der Waals surface area contributed by atoms with Crippen LogP contribution in [0.15, 0.2) is 22.7 Å². The van der Waals surface area contributed by atoms with Crippen LogP contribution in [0.4, 0.5) is 0 Å². The highest BCUT2D eigenvalue weighted by Gasteiger charge is 2.09. The minimum Gasteiger partial charge on any atom is -0.466 e. The van der Waals surface area contributed by atoms with Crippen molar-refractivity contribution in [2.45, 2.75) is 39.8 Å². The van der Waals surface area contributed by atoms with Gasteiger partial charge in [-0.15, -0.1) is 0 Å². The molecule has 0 unspecified atom stereocenters. The summed E-state index contributed by atoms with van der Waals surface area (Å²) >= 11 is 3.51. The maximum absolute atomic E-state index is 5.49. The van der Waals surface area contributed by atoms with Gasteiger partial charge in [-0.1, -0.05) is 6.07 Å². The fraction of sp³-hybridized carbons (Fsp3) is 0.571. The molecule has 0 bridgehead atoms. The van der Waals surface area contributed by atoms with Crippen molar-refractivity contribution >= 4 is 15.9 Å². The zero-order valence-electron chi connectivity index (χ0n) is 11.5. The molecule has 1 aromatic rings. The van der Waals surface area contributed by atoms with Gasteiger partial charge in [0.1, 0.15) is 5.75 Å². The van der Waals surface area contributed by atoms with E-state index in [9.17, 15) is 0 Å². The van der Waals surface area contributed by atoms with Crippen molar-refractivity contribution in [2.24, 2.45) is 0 Å². The lowest BCUT2D eigenvalue weighted by molar-refractivity contribution is 0.0219. The van der Waals surface area contributed by atoms with Crippen LogP contribution in [0.25, 0.3) is 0 Å². The van der Waals surface area contributed by atoms with Gasteiger partial charge in [0.05, 0.1) is 4.47 Å². The Morgan fingerprint density at radius 1 is 1.28 bits per heavy atom. The van der Waals surface area contributed by atoms with Gasteiger partial charge in [0.15, 0.2) is 6.79 Å². The van der Waals surface area contributed by atoms with E-state index in [2.05, 4.69) is 54.2 Å². The second kappa shape index (κ2) is 7.12. The first-order chi connectivity index (χ1) is 8.42. The van der Waals surface area contributed by atoms with Gasteiger partial charge in [-0.3, -0.25) is 0 Å². The van der Waals surface area contributed by atoms with Crippen molar-refractivity contribution in [1.82, 2.24) is 5.32 Å². The van der Waals surface area contributed by atoms with Crippen molar-refractivity contribution in [3.8, 4) is 5.75 Å². The fourth-order valence-corrected chi connectivity index (χ4v) is 1.87. The van der Waals surface area contributed by atoms with Crippen LogP contribution in [-0.4, -0.2) is 18.9 Å². The average molecular weight is 316 g/mol. The van der Waals surface area contributed by atoms with E-state index in [0.717, 1.165) is 16.8 Å². The molecule has 0 aliphatic carbocycles. The van der Waals surface area contributed by atoms with Crippen LogP contribution in [0.2, 0.25) is 0 Å².